The number of carboxylic acids is 1. The van der Waals surface area contributed by atoms with Gasteiger partial charge in [0.25, 0.3) is 0 Å². The number of aliphatic carboxylic acids is 1. The van der Waals surface area contributed by atoms with E-state index in [1.165, 1.54) is 25.7 Å². The van der Waals surface area contributed by atoms with Crippen molar-refractivity contribution in [3.8, 4) is 0 Å². The molecule has 102 valence electrons. The van der Waals surface area contributed by atoms with Gasteiger partial charge in [-0.2, -0.15) is 0 Å². The van der Waals surface area contributed by atoms with E-state index in [1.54, 1.807) is 0 Å². The van der Waals surface area contributed by atoms with Crippen molar-refractivity contribution in [1.29, 1.82) is 0 Å². The molecule has 0 atom stereocenters. The van der Waals surface area contributed by atoms with E-state index in [0.717, 1.165) is 18.4 Å². The Hall–Kier alpha value is -1.26. The van der Waals surface area contributed by atoms with Crippen LogP contribution >= 0.6 is 0 Å². The Kier molecular flexibility index (Phi) is 4.44. The standard InChI is InChI=1S/C13H22N2O3/c16-12(17)2-1-7-14-13(18)15-8-11(9-3-4-9)10-5-6-10/h9-11H,1-8H2,(H,16,17)(H2,14,15,18). The Morgan fingerprint density at radius 2 is 1.72 bits per heavy atom. The van der Waals surface area contributed by atoms with Crippen LogP contribution in [0.3, 0.4) is 0 Å². The highest BCUT2D eigenvalue weighted by atomic mass is 16.4. The Morgan fingerprint density at radius 3 is 2.22 bits per heavy atom. The highest BCUT2D eigenvalue weighted by Crippen LogP contribution is 2.48. The maximum absolute atomic E-state index is 11.5. The molecule has 0 bridgehead atoms. The quantitative estimate of drug-likeness (QED) is 0.575. The lowest BCUT2D eigenvalue weighted by atomic mass is 9.98. The van der Waals surface area contributed by atoms with Crippen molar-refractivity contribution in [2.45, 2.75) is 38.5 Å². The summed E-state index contributed by atoms with van der Waals surface area (Å²) in [7, 11) is 0. The predicted octanol–water partition coefficient (Wildman–Crippen LogP) is 1.59. The van der Waals surface area contributed by atoms with Crippen LogP contribution in [0.25, 0.3) is 0 Å². The second-order valence-corrected chi connectivity index (χ2v) is 5.47. The fraction of sp³-hybridized carbons (Fsp3) is 0.846. The minimum Gasteiger partial charge on any atom is -0.481 e. The number of nitrogens with one attached hydrogen (secondary N) is 2. The molecule has 0 spiro atoms. The zero-order valence-corrected chi connectivity index (χ0v) is 10.7. The van der Waals surface area contributed by atoms with Crippen LogP contribution in [-0.4, -0.2) is 30.2 Å². The molecule has 2 fully saturated rings. The van der Waals surface area contributed by atoms with Crippen LogP contribution < -0.4 is 10.6 Å². The number of carbonyl (C=O) groups excluding carboxylic acids is 1. The lowest BCUT2D eigenvalue weighted by Gasteiger charge is -2.16. The Labute approximate surface area is 107 Å². The second-order valence-electron chi connectivity index (χ2n) is 5.47. The van der Waals surface area contributed by atoms with Gasteiger partial charge in [0.05, 0.1) is 0 Å². The smallest absolute Gasteiger partial charge is 0.314 e. The van der Waals surface area contributed by atoms with Gasteiger partial charge in [-0.3, -0.25) is 4.79 Å². The van der Waals surface area contributed by atoms with Crippen LogP contribution in [0.2, 0.25) is 0 Å². The number of amides is 2. The molecule has 0 aliphatic heterocycles. The third-order valence-electron chi connectivity index (χ3n) is 3.81. The van der Waals surface area contributed by atoms with Crippen molar-refractivity contribution >= 4 is 12.0 Å². The van der Waals surface area contributed by atoms with Crippen molar-refractivity contribution < 1.29 is 14.7 Å². The molecule has 5 nitrogen and oxygen atoms in total. The third-order valence-corrected chi connectivity index (χ3v) is 3.81. The summed E-state index contributed by atoms with van der Waals surface area (Å²) in [5.41, 5.74) is 0. The van der Waals surface area contributed by atoms with Gasteiger partial charge in [-0.05, 0) is 49.9 Å². The molecular formula is C13H22N2O3. The van der Waals surface area contributed by atoms with Gasteiger partial charge in [0.15, 0.2) is 0 Å². The second kappa shape index (κ2) is 6.07. The van der Waals surface area contributed by atoms with E-state index in [0.29, 0.717) is 18.9 Å². The van der Waals surface area contributed by atoms with E-state index in [-0.39, 0.29) is 12.5 Å². The summed E-state index contributed by atoms with van der Waals surface area (Å²) in [4.78, 5) is 21.8. The van der Waals surface area contributed by atoms with Crippen molar-refractivity contribution in [2.24, 2.45) is 17.8 Å². The molecule has 3 N–H and O–H groups in total. The van der Waals surface area contributed by atoms with E-state index in [2.05, 4.69) is 10.6 Å². The lowest BCUT2D eigenvalue weighted by Crippen LogP contribution is -2.39. The monoisotopic (exact) mass is 254 g/mol. The first-order valence-electron chi connectivity index (χ1n) is 6.90. The first kappa shape index (κ1) is 13.2. The molecular weight excluding hydrogens is 232 g/mol. The fourth-order valence-electron chi connectivity index (χ4n) is 2.48. The van der Waals surface area contributed by atoms with E-state index < -0.39 is 5.97 Å². The summed E-state index contributed by atoms with van der Waals surface area (Å²) < 4.78 is 0. The molecule has 5 heteroatoms. The molecule has 0 saturated heterocycles. The van der Waals surface area contributed by atoms with E-state index in [4.69, 9.17) is 5.11 Å². The average Bonchev–Trinajstić information content (AvgIpc) is 3.15. The van der Waals surface area contributed by atoms with Gasteiger partial charge < -0.3 is 15.7 Å². The molecule has 18 heavy (non-hydrogen) atoms. The number of rotatable bonds is 8. The van der Waals surface area contributed by atoms with E-state index in [9.17, 15) is 9.59 Å². The zero-order valence-electron chi connectivity index (χ0n) is 10.7. The number of carboxylic acid groups (broad SMARTS) is 1. The van der Waals surface area contributed by atoms with E-state index >= 15 is 0 Å². The Balaban J connectivity index is 1.54. The molecule has 0 aromatic rings. The lowest BCUT2D eigenvalue weighted by molar-refractivity contribution is -0.137. The van der Waals surface area contributed by atoms with Crippen LogP contribution in [-0.2, 0) is 4.79 Å². The number of urea groups is 1. The summed E-state index contributed by atoms with van der Waals surface area (Å²) in [6.07, 6.45) is 5.88. The summed E-state index contributed by atoms with van der Waals surface area (Å²) in [6.45, 7) is 1.20. The molecule has 0 radical (unpaired) electrons. The molecule has 0 heterocycles. The molecule has 2 rings (SSSR count). The molecule has 2 aliphatic rings. The maximum Gasteiger partial charge on any atom is 0.314 e. The number of carbonyl (C=O) groups is 2. The molecule has 2 amide bonds. The van der Waals surface area contributed by atoms with E-state index in [1.807, 2.05) is 0 Å². The zero-order chi connectivity index (χ0) is 13.0. The summed E-state index contributed by atoms with van der Waals surface area (Å²) in [5, 5.41) is 14.1. The minimum atomic E-state index is -0.820. The van der Waals surface area contributed by atoms with Gasteiger partial charge in [-0.1, -0.05) is 0 Å². The summed E-state index contributed by atoms with van der Waals surface area (Å²) >= 11 is 0. The van der Waals surface area contributed by atoms with Gasteiger partial charge in [0.2, 0.25) is 0 Å². The van der Waals surface area contributed by atoms with Gasteiger partial charge >= 0.3 is 12.0 Å². The molecule has 0 aromatic heterocycles. The van der Waals surface area contributed by atoms with Crippen molar-refractivity contribution in [2.75, 3.05) is 13.1 Å². The number of hydrogen-bond acceptors (Lipinski definition) is 2. The highest BCUT2D eigenvalue weighted by Gasteiger charge is 2.41. The topological polar surface area (TPSA) is 78.4 Å². The van der Waals surface area contributed by atoms with Crippen molar-refractivity contribution in [3.05, 3.63) is 0 Å². The minimum absolute atomic E-state index is 0.104. The average molecular weight is 254 g/mol. The first-order valence-corrected chi connectivity index (χ1v) is 6.90. The van der Waals surface area contributed by atoms with Crippen LogP contribution in [0, 0.1) is 17.8 Å². The molecule has 0 unspecified atom stereocenters. The van der Waals surface area contributed by atoms with Gasteiger partial charge in [0, 0.05) is 19.5 Å². The van der Waals surface area contributed by atoms with Crippen LogP contribution in [0.5, 0.6) is 0 Å². The van der Waals surface area contributed by atoms with Crippen molar-refractivity contribution in [1.82, 2.24) is 10.6 Å². The van der Waals surface area contributed by atoms with Crippen LogP contribution in [0.1, 0.15) is 38.5 Å². The largest absolute Gasteiger partial charge is 0.481 e. The molecule has 2 aliphatic carbocycles. The van der Waals surface area contributed by atoms with Gasteiger partial charge in [0.1, 0.15) is 0 Å². The van der Waals surface area contributed by atoms with Crippen molar-refractivity contribution in [3.63, 3.8) is 0 Å². The molecule has 0 aromatic carbocycles. The predicted molar refractivity (Wildman–Crippen MR) is 67.2 cm³/mol. The fourth-order valence-corrected chi connectivity index (χ4v) is 2.48. The van der Waals surface area contributed by atoms with Crippen LogP contribution in [0.4, 0.5) is 4.79 Å². The third kappa shape index (κ3) is 4.55. The maximum atomic E-state index is 11.5. The summed E-state index contributed by atoms with van der Waals surface area (Å²) in [5.74, 6) is 1.53. The Bertz CT molecular complexity index is 299. The van der Waals surface area contributed by atoms with Gasteiger partial charge in [-0.15, -0.1) is 0 Å². The van der Waals surface area contributed by atoms with Crippen LogP contribution in [0.15, 0.2) is 0 Å². The Morgan fingerprint density at radius 1 is 1.11 bits per heavy atom. The summed E-state index contributed by atoms with van der Waals surface area (Å²) in [6, 6.07) is -0.160. The molecule has 2 saturated carbocycles. The SMILES string of the molecule is O=C(O)CCCNC(=O)NCC(C1CC1)C1CC1. The number of hydrogen-bond donors (Lipinski definition) is 3. The normalized spacial score (nSPS) is 18.7. The first-order chi connectivity index (χ1) is 8.66. The highest BCUT2D eigenvalue weighted by molar-refractivity contribution is 5.73. The van der Waals surface area contributed by atoms with Gasteiger partial charge in [-0.25, -0.2) is 4.79 Å².